The lowest BCUT2D eigenvalue weighted by molar-refractivity contribution is -0.117. The summed E-state index contributed by atoms with van der Waals surface area (Å²) in [6.07, 6.45) is 3.65. The Labute approximate surface area is 102 Å². The molecule has 1 aromatic rings. The van der Waals surface area contributed by atoms with Crippen LogP contribution in [0, 0.1) is 6.92 Å². The van der Waals surface area contributed by atoms with Crippen molar-refractivity contribution in [3.05, 3.63) is 36.8 Å². The lowest BCUT2D eigenvalue weighted by Crippen LogP contribution is -2.10. The highest BCUT2D eigenvalue weighted by Gasteiger charge is 1.98. The highest BCUT2D eigenvalue weighted by molar-refractivity contribution is 7.99. The Morgan fingerprint density at radius 3 is 2.56 bits per heavy atom. The minimum absolute atomic E-state index is 0.237. The van der Waals surface area contributed by atoms with Gasteiger partial charge in [0.25, 0.3) is 0 Å². The van der Waals surface area contributed by atoms with E-state index in [2.05, 4.69) is 31.2 Å². The Bertz CT molecular complexity index is 321. The highest BCUT2D eigenvalue weighted by atomic mass is 32.2. The molecule has 0 fully saturated rings. The van der Waals surface area contributed by atoms with Crippen molar-refractivity contribution in [3.8, 4) is 0 Å². The number of hydrogen-bond acceptors (Lipinski definition) is 2. The molecule has 0 aliphatic carbocycles. The van der Waals surface area contributed by atoms with Gasteiger partial charge in [0.1, 0.15) is 0 Å². The third-order valence-corrected chi connectivity index (χ3v) is 3.27. The molecule has 0 unspecified atom stereocenters. The van der Waals surface area contributed by atoms with Crippen LogP contribution in [0.2, 0.25) is 0 Å². The number of primary amides is 1. The number of nitrogens with two attached hydrogens (primary N) is 1. The Hall–Kier alpha value is -0.960. The van der Waals surface area contributed by atoms with E-state index in [0.717, 1.165) is 25.0 Å². The lowest BCUT2D eigenvalue weighted by atomic mass is 10.1. The second kappa shape index (κ2) is 7.34. The molecule has 2 nitrogen and oxygen atoms in total. The van der Waals surface area contributed by atoms with E-state index < -0.39 is 0 Å². The number of thioether (sulfide) groups is 1. The third-order valence-electron chi connectivity index (χ3n) is 2.26. The van der Waals surface area contributed by atoms with Crippen molar-refractivity contribution >= 4 is 17.7 Å². The minimum Gasteiger partial charge on any atom is -0.370 e. The molecule has 0 atom stereocenters. The second-order valence-corrected chi connectivity index (χ2v) is 4.83. The fourth-order valence-electron chi connectivity index (χ4n) is 1.35. The first-order chi connectivity index (χ1) is 7.72. The van der Waals surface area contributed by atoms with E-state index in [1.165, 1.54) is 10.5 Å². The molecule has 0 bridgehead atoms. The predicted octanol–water partition coefficient (Wildman–Crippen LogP) is 2.81. The molecule has 16 heavy (non-hydrogen) atoms. The molecule has 0 saturated carbocycles. The van der Waals surface area contributed by atoms with E-state index in [0.29, 0.717) is 6.42 Å². The van der Waals surface area contributed by atoms with Crippen LogP contribution in [0.25, 0.3) is 0 Å². The Morgan fingerprint density at radius 1 is 1.31 bits per heavy atom. The van der Waals surface area contributed by atoms with Gasteiger partial charge in [-0.2, -0.15) is 0 Å². The van der Waals surface area contributed by atoms with Crippen molar-refractivity contribution < 1.29 is 4.79 Å². The normalized spacial score (nSPS) is 10.3. The molecule has 87 valence electrons. The van der Waals surface area contributed by atoms with E-state index in [1.54, 1.807) is 11.8 Å². The number of carbonyl (C=O) groups is 1. The van der Waals surface area contributed by atoms with Crippen molar-refractivity contribution in [2.45, 2.75) is 30.6 Å². The van der Waals surface area contributed by atoms with Gasteiger partial charge in [-0.3, -0.25) is 4.79 Å². The molecule has 0 aromatic heterocycles. The summed E-state index contributed by atoms with van der Waals surface area (Å²) in [7, 11) is 0. The standard InChI is InChI=1S/C13H18NOS/c1-2-3-4-11-5-7-12(8-6-11)16-10-9-13(14)15/h5-8H,1-4,9-10H2,(H2,14,15). The van der Waals surface area contributed by atoms with Crippen molar-refractivity contribution in [1.29, 1.82) is 0 Å². The zero-order valence-electron chi connectivity index (χ0n) is 9.45. The lowest BCUT2D eigenvalue weighted by Gasteiger charge is -2.03. The van der Waals surface area contributed by atoms with Gasteiger partial charge in [0, 0.05) is 17.1 Å². The van der Waals surface area contributed by atoms with Crippen molar-refractivity contribution in [2.75, 3.05) is 5.75 Å². The van der Waals surface area contributed by atoms with Crippen LogP contribution in [-0.2, 0) is 11.2 Å². The average Bonchev–Trinajstić information content (AvgIpc) is 2.27. The van der Waals surface area contributed by atoms with Gasteiger partial charge in [0.2, 0.25) is 5.91 Å². The van der Waals surface area contributed by atoms with Crippen molar-refractivity contribution in [1.82, 2.24) is 0 Å². The minimum atomic E-state index is -0.237. The molecule has 1 rings (SSSR count). The fraction of sp³-hybridized carbons (Fsp3) is 0.385. The zero-order chi connectivity index (χ0) is 11.8. The van der Waals surface area contributed by atoms with Crippen LogP contribution in [-0.4, -0.2) is 11.7 Å². The van der Waals surface area contributed by atoms with Gasteiger partial charge in [-0.15, -0.1) is 11.8 Å². The maximum absolute atomic E-state index is 10.6. The van der Waals surface area contributed by atoms with Gasteiger partial charge in [0.05, 0.1) is 0 Å². The quantitative estimate of drug-likeness (QED) is 0.740. The van der Waals surface area contributed by atoms with Crippen molar-refractivity contribution in [2.24, 2.45) is 5.73 Å². The van der Waals surface area contributed by atoms with Gasteiger partial charge >= 0.3 is 0 Å². The second-order valence-electron chi connectivity index (χ2n) is 3.67. The Morgan fingerprint density at radius 2 is 2.00 bits per heavy atom. The van der Waals surface area contributed by atoms with Crippen LogP contribution in [0.1, 0.15) is 24.8 Å². The number of amides is 1. The van der Waals surface area contributed by atoms with E-state index in [9.17, 15) is 4.79 Å². The molecule has 1 amide bonds. The summed E-state index contributed by atoms with van der Waals surface area (Å²) in [6, 6.07) is 8.48. The molecule has 0 aliphatic heterocycles. The summed E-state index contributed by atoms with van der Waals surface area (Å²) in [4.78, 5) is 11.8. The van der Waals surface area contributed by atoms with Gasteiger partial charge in [0.15, 0.2) is 0 Å². The Kier molecular flexibility index (Phi) is 6.01. The Balaban J connectivity index is 2.36. The van der Waals surface area contributed by atoms with Crippen LogP contribution in [0.3, 0.4) is 0 Å². The monoisotopic (exact) mass is 236 g/mol. The summed E-state index contributed by atoms with van der Waals surface area (Å²) in [6.45, 7) is 3.83. The third kappa shape index (κ3) is 5.21. The topological polar surface area (TPSA) is 43.1 Å². The molecule has 0 aliphatic rings. The SMILES string of the molecule is [CH2]CCCc1ccc(SCCC(N)=O)cc1. The van der Waals surface area contributed by atoms with E-state index in [-0.39, 0.29) is 5.91 Å². The number of rotatable bonds is 7. The molecular weight excluding hydrogens is 218 g/mol. The van der Waals surface area contributed by atoms with E-state index >= 15 is 0 Å². The van der Waals surface area contributed by atoms with Crippen LogP contribution < -0.4 is 5.73 Å². The zero-order valence-corrected chi connectivity index (χ0v) is 10.3. The highest BCUT2D eigenvalue weighted by Crippen LogP contribution is 2.19. The molecule has 2 N–H and O–H groups in total. The largest absolute Gasteiger partial charge is 0.370 e. The smallest absolute Gasteiger partial charge is 0.218 e. The van der Waals surface area contributed by atoms with Crippen LogP contribution in [0.4, 0.5) is 0 Å². The van der Waals surface area contributed by atoms with E-state index in [1.807, 2.05) is 0 Å². The molecule has 3 heteroatoms. The van der Waals surface area contributed by atoms with Gasteiger partial charge in [-0.05, 0) is 30.5 Å². The molecule has 1 aromatic carbocycles. The molecule has 0 saturated heterocycles. The molecular formula is C13H18NOS. The van der Waals surface area contributed by atoms with E-state index in [4.69, 9.17) is 5.73 Å². The number of unbranched alkanes of at least 4 members (excludes halogenated alkanes) is 1. The number of benzene rings is 1. The average molecular weight is 236 g/mol. The van der Waals surface area contributed by atoms with Crippen LogP contribution in [0.5, 0.6) is 0 Å². The summed E-state index contributed by atoms with van der Waals surface area (Å²) in [5.41, 5.74) is 6.43. The summed E-state index contributed by atoms with van der Waals surface area (Å²) in [5, 5.41) is 0. The summed E-state index contributed by atoms with van der Waals surface area (Å²) < 4.78 is 0. The molecule has 0 heterocycles. The van der Waals surface area contributed by atoms with Gasteiger partial charge < -0.3 is 5.73 Å². The first-order valence-corrected chi connectivity index (χ1v) is 6.50. The first-order valence-electron chi connectivity index (χ1n) is 5.51. The molecule has 1 radical (unpaired) electrons. The molecule has 0 spiro atoms. The van der Waals surface area contributed by atoms with Crippen LogP contribution in [0.15, 0.2) is 29.2 Å². The van der Waals surface area contributed by atoms with Crippen molar-refractivity contribution in [3.63, 3.8) is 0 Å². The maximum Gasteiger partial charge on any atom is 0.218 e. The summed E-state index contributed by atoms with van der Waals surface area (Å²) in [5.74, 6) is 0.521. The maximum atomic E-state index is 10.6. The van der Waals surface area contributed by atoms with Gasteiger partial charge in [-0.25, -0.2) is 0 Å². The van der Waals surface area contributed by atoms with Gasteiger partial charge in [-0.1, -0.05) is 25.5 Å². The predicted molar refractivity (Wildman–Crippen MR) is 69.3 cm³/mol. The summed E-state index contributed by atoms with van der Waals surface area (Å²) >= 11 is 1.67. The van der Waals surface area contributed by atoms with Crippen LogP contribution >= 0.6 is 11.8 Å². The number of carbonyl (C=O) groups excluding carboxylic acids is 1. The fourth-order valence-corrected chi connectivity index (χ4v) is 2.22. The number of hydrogen-bond donors (Lipinski definition) is 1. The number of aryl methyl sites for hydroxylation is 1. The first kappa shape index (κ1) is 13.1.